The van der Waals surface area contributed by atoms with E-state index < -0.39 is 12.1 Å². The Hall–Kier alpha value is -0.970. The van der Waals surface area contributed by atoms with Crippen molar-refractivity contribution in [2.75, 3.05) is 0 Å². The van der Waals surface area contributed by atoms with Gasteiger partial charge in [-0.2, -0.15) is 0 Å². The molecule has 0 saturated carbocycles. The summed E-state index contributed by atoms with van der Waals surface area (Å²) < 4.78 is 13.1. The van der Waals surface area contributed by atoms with Crippen LogP contribution < -0.4 is 0 Å². The standard InChI is InChI=1S/C8H8FNO2S/c9-4-1-2-5-8(4)13-6(10-5)3-7(11)12/h4H,1-3H2,(H,11,12). The number of rotatable bonds is 2. The normalized spacial score (nSPS) is 20.2. The third-order valence-electron chi connectivity index (χ3n) is 1.99. The molecule has 13 heavy (non-hydrogen) atoms. The molecule has 0 bridgehead atoms. The van der Waals surface area contributed by atoms with Crippen molar-refractivity contribution >= 4 is 17.3 Å². The number of aliphatic carboxylic acids is 1. The predicted molar refractivity (Wildman–Crippen MR) is 45.6 cm³/mol. The van der Waals surface area contributed by atoms with Gasteiger partial charge in [0.05, 0.1) is 17.0 Å². The summed E-state index contributed by atoms with van der Waals surface area (Å²) in [5, 5.41) is 9.01. The fraction of sp³-hybridized carbons (Fsp3) is 0.500. The van der Waals surface area contributed by atoms with Crippen LogP contribution in [0.4, 0.5) is 4.39 Å². The molecule has 1 atom stereocenters. The Morgan fingerprint density at radius 2 is 2.54 bits per heavy atom. The fourth-order valence-electron chi connectivity index (χ4n) is 1.44. The molecule has 0 spiro atoms. The van der Waals surface area contributed by atoms with Gasteiger partial charge in [0.2, 0.25) is 0 Å². The highest BCUT2D eigenvalue weighted by molar-refractivity contribution is 7.12. The molecule has 0 aliphatic heterocycles. The number of carboxylic acids is 1. The molecule has 1 aliphatic carbocycles. The Balaban J connectivity index is 2.23. The number of alkyl halides is 1. The van der Waals surface area contributed by atoms with Gasteiger partial charge in [-0.25, -0.2) is 9.37 Å². The molecule has 1 aromatic heterocycles. The van der Waals surface area contributed by atoms with Crippen LogP contribution in [0.25, 0.3) is 0 Å². The number of carbonyl (C=O) groups is 1. The highest BCUT2D eigenvalue weighted by Gasteiger charge is 2.26. The van der Waals surface area contributed by atoms with Gasteiger partial charge in [-0.15, -0.1) is 11.3 Å². The average Bonchev–Trinajstić information content (AvgIpc) is 2.53. The van der Waals surface area contributed by atoms with Gasteiger partial charge in [-0.05, 0) is 12.8 Å². The van der Waals surface area contributed by atoms with Crippen LogP contribution in [0.2, 0.25) is 0 Å². The molecule has 1 aromatic rings. The Labute approximate surface area is 78.2 Å². The predicted octanol–water partition coefficient (Wildman–Crippen LogP) is 1.73. The molecule has 0 aromatic carbocycles. The topological polar surface area (TPSA) is 50.2 Å². The lowest BCUT2D eigenvalue weighted by atomic mass is 10.3. The number of thiazole rings is 1. The monoisotopic (exact) mass is 201 g/mol. The molecular formula is C8H8FNO2S. The second kappa shape index (κ2) is 3.06. The number of aryl methyl sites for hydroxylation is 1. The van der Waals surface area contributed by atoms with Crippen LogP contribution in [0, 0.1) is 0 Å². The highest BCUT2D eigenvalue weighted by atomic mass is 32.1. The maximum atomic E-state index is 13.1. The van der Waals surface area contributed by atoms with Gasteiger partial charge in [-0.3, -0.25) is 4.79 Å². The zero-order valence-electron chi connectivity index (χ0n) is 6.79. The van der Waals surface area contributed by atoms with Crippen LogP contribution >= 0.6 is 11.3 Å². The summed E-state index contributed by atoms with van der Waals surface area (Å²) in [6.07, 6.45) is 0.133. The van der Waals surface area contributed by atoms with Crippen LogP contribution in [0.3, 0.4) is 0 Å². The van der Waals surface area contributed by atoms with Crippen molar-refractivity contribution in [1.82, 2.24) is 4.98 Å². The van der Waals surface area contributed by atoms with Gasteiger partial charge in [0.15, 0.2) is 0 Å². The summed E-state index contributed by atoms with van der Waals surface area (Å²) in [7, 11) is 0. The largest absolute Gasteiger partial charge is 0.481 e. The third kappa shape index (κ3) is 1.56. The van der Waals surface area contributed by atoms with Crippen molar-refractivity contribution in [2.45, 2.75) is 25.4 Å². The molecule has 1 unspecified atom stereocenters. The minimum Gasteiger partial charge on any atom is -0.481 e. The molecule has 1 N–H and O–H groups in total. The summed E-state index contributed by atoms with van der Waals surface area (Å²) in [6.45, 7) is 0. The first kappa shape index (κ1) is 8.62. The van der Waals surface area contributed by atoms with Crippen molar-refractivity contribution < 1.29 is 14.3 Å². The van der Waals surface area contributed by atoms with Crippen LogP contribution in [0.15, 0.2) is 0 Å². The smallest absolute Gasteiger partial charge is 0.310 e. The summed E-state index contributed by atoms with van der Waals surface area (Å²) in [5.74, 6) is -0.914. The molecule has 1 aliphatic rings. The summed E-state index contributed by atoms with van der Waals surface area (Å²) in [4.78, 5) is 15.1. The second-order valence-corrected chi connectivity index (χ2v) is 4.11. The number of nitrogens with zero attached hydrogens (tertiary/aromatic N) is 1. The van der Waals surface area contributed by atoms with E-state index in [1.165, 1.54) is 11.3 Å². The van der Waals surface area contributed by atoms with Gasteiger partial charge in [0, 0.05) is 0 Å². The lowest BCUT2D eigenvalue weighted by Crippen LogP contribution is -1.99. The van der Waals surface area contributed by atoms with E-state index in [0.29, 0.717) is 22.7 Å². The number of aromatic nitrogens is 1. The van der Waals surface area contributed by atoms with E-state index in [9.17, 15) is 9.18 Å². The average molecular weight is 201 g/mol. The molecule has 0 fully saturated rings. The Morgan fingerprint density at radius 1 is 1.77 bits per heavy atom. The van der Waals surface area contributed by atoms with E-state index in [1.807, 2.05) is 0 Å². The zero-order chi connectivity index (χ0) is 9.42. The van der Waals surface area contributed by atoms with Crippen molar-refractivity contribution in [2.24, 2.45) is 0 Å². The van der Waals surface area contributed by atoms with Crippen LogP contribution in [0.1, 0.15) is 28.2 Å². The van der Waals surface area contributed by atoms with Gasteiger partial charge in [-0.1, -0.05) is 0 Å². The number of hydrogen-bond donors (Lipinski definition) is 1. The third-order valence-corrected chi connectivity index (χ3v) is 3.18. The van der Waals surface area contributed by atoms with Crippen LogP contribution in [-0.2, 0) is 17.6 Å². The number of carboxylic acid groups (broad SMARTS) is 1. The SMILES string of the molecule is O=C(O)Cc1nc2c(s1)C(F)CC2. The maximum Gasteiger partial charge on any atom is 0.310 e. The lowest BCUT2D eigenvalue weighted by Gasteiger charge is -1.93. The van der Waals surface area contributed by atoms with E-state index in [4.69, 9.17) is 5.11 Å². The molecule has 0 amide bonds. The van der Waals surface area contributed by atoms with Gasteiger partial charge in [0.1, 0.15) is 11.2 Å². The fourth-order valence-corrected chi connectivity index (χ4v) is 2.55. The molecular weight excluding hydrogens is 193 g/mol. The molecule has 2 rings (SSSR count). The van der Waals surface area contributed by atoms with Gasteiger partial charge < -0.3 is 5.11 Å². The number of halogens is 1. The maximum absolute atomic E-state index is 13.1. The highest BCUT2D eigenvalue weighted by Crippen LogP contribution is 2.37. The Morgan fingerprint density at radius 3 is 3.15 bits per heavy atom. The summed E-state index contributed by atoms with van der Waals surface area (Å²) in [6, 6.07) is 0. The molecule has 5 heteroatoms. The Kier molecular flexibility index (Phi) is 2.03. The van der Waals surface area contributed by atoms with Crippen LogP contribution in [0.5, 0.6) is 0 Å². The van der Waals surface area contributed by atoms with Crippen molar-refractivity contribution in [1.29, 1.82) is 0 Å². The first-order valence-electron chi connectivity index (χ1n) is 4.01. The van der Waals surface area contributed by atoms with Crippen LogP contribution in [-0.4, -0.2) is 16.1 Å². The minimum atomic E-state index is -0.921. The molecule has 70 valence electrons. The lowest BCUT2D eigenvalue weighted by molar-refractivity contribution is -0.136. The van der Waals surface area contributed by atoms with E-state index in [1.54, 1.807) is 0 Å². The quantitative estimate of drug-likeness (QED) is 0.792. The summed E-state index contributed by atoms with van der Waals surface area (Å²) in [5.41, 5.74) is 0.758. The second-order valence-electron chi connectivity index (χ2n) is 3.00. The first-order valence-corrected chi connectivity index (χ1v) is 4.83. The Bertz CT molecular complexity index is 350. The van der Waals surface area contributed by atoms with Crippen molar-refractivity contribution in [3.05, 3.63) is 15.6 Å². The molecule has 3 nitrogen and oxygen atoms in total. The van der Waals surface area contributed by atoms with Crippen molar-refractivity contribution in [3.8, 4) is 0 Å². The van der Waals surface area contributed by atoms with E-state index in [0.717, 1.165) is 5.69 Å². The molecule has 0 radical (unpaired) electrons. The number of hydrogen-bond acceptors (Lipinski definition) is 3. The molecule has 1 heterocycles. The minimum absolute atomic E-state index is 0.0929. The van der Waals surface area contributed by atoms with Gasteiger partial charge in [0.25, 0.3) is 0 Å². The van der Waals surface area contributed by atoms with E-state index in [2.05, 4.69) is 4.98 Å². The summed E-state index contributed by atoms with van der Waals surface area (Å²) >= 11 is 1.19. The number of fused-ring (bicyclic) bond motifs is 1. The van der Waals surface area contributed by atoms with E-state index >= 15 is 0 Å². The van der Waals surface area contributed by atoms with Crippen molar-refractivity contribution in [3.63, 3.8) is 0 Å². The van der Waals surface area contributed by atoms with Gasteiger partial charge >= 0.3 is 5.97 Å². The zero-order valence-corrected chi connectivity index (χ0v) is 7.60. The molecule has 0 saturated heterocycles. The van der Waals surface area contributed by atoms with E-state index in [-0.39, 0.29) is 6.42 Å². The first-order chi connectivity index (χ1) is 6.16.